The van der Waals surface area contributed by atoms with Gasteiger partial charge >= 0.3 is 6.03 Å². The van der Waals surface area contributed by atoms with Gasteiger partial charge in [-0.2, -0.15) is 0 Å². The Bertz CT molecular complexity index is 1190. The van der Waals surface area contributed by atoms with Gasteiger partial charge in [-0.25, -0.2) is 4.79 Å². The average molecular weight is 437 g/mol. The minimum atomic E-state index is -0.134. The van der Waals surface area contributed by atoms with Crippen molar-refractivity contribution in [1.29, 1.82) is 0 Å². The third-order valence-corrected chi connectivity index (χ3v) is 5.47. The molecule has 0 fully saturated rings. The predicted molar refractivity (Wildman–Crippen MR) is 134 cm³/mol. The maximum absolute atomic E-state index is 13.4. The first-order valence-electron chi connectivity index (χ1n) is 11.1. The van der Waals surface area contributed by atoms with Gasteiger partial charge in [-0.3, -0.25) is 0 Å². The van der Waals surface area contributed by atoms with E-state index in [-0.39, 0.29) is 6.03 Å². The van der Waals surface area contributed by atoms with Gasteiger partial charge in [-0.05, 0) is 60.4 Å². The highest BCUT2D eigenvalue weighted by Crippen LogP contribution is 2.24. The number of aryl methyl sites for hydroxylation is 2. The van der Waals surface area contributed by atoms with Crippen LogP contribution in [0.15, 0.2) is 103 Å². The molecular weight excluding hydrogens is 408 g/mol. The summed E-state index contributed by atoms with van der Waals surface area (Å²) in [6, 6.07) is 33.5. The molecule has 166 valence electrons. The molecule has 0 atom stereocenters. The molecule has 0 aliphatic rings. The third-order valence-electron chi connectivity index (χ3n) is 5.47. The molecule has 0 heterocycles. The summed E-state index contributed by atoms with van der Waals surface area (Å²) in [5, 5.41) is 3.13. The van der Waals surface area contributed by atoms with E-state index >= 15 is 0 Å². The van der Waals surface area contributed by atoms with E-state index in [4.69, 9.17) is 4.74 Å². The van der Waals surface area contributed by atoms with Crippen LogP contribution in [-0.2, 0) is 13.1 Å². The first-order chi connectivity index (χ1) is 16.1. The summed E-state index contributed by atoms with van der Waals surface area (Å²) in [5.74, 6) is 1.53. The molecule has 0 saturated carbocycles. The van der Waals surface area contributed by atoms with Gasteiger partial charge in [0, 0.05) is 18.8 Å². The molecule has 0 spiro atoms. The maximum Gasteiger partial charge on any atom is 0.322 e. The van der Waals surface area contributed by atoms with Crippen molar-refractivity contribution < 1.29 is 9.53 Å². The van der Waals surface area contributed by atoms with E-state index in [0.717, 1.165) is 39.4 Å². The standard InChI is InChI=1S/C29H28N2O2/c1-22-11-9-12-23(2)28(22)30-29(32)31(20-24-13-5-3-6-14-24)21-25-15-10-18-27(19-25)33-26-16-7-4-8-17-26/h3-19H,20-21H2,1-2H3,(H,30,32). The molecule has 0 radical (unpaired) electrons. The Morgan fingerprint density at radius 2 is 1.24 bits per heavy atom. The molecule has 0 aliphatic carbocycles. The van der Waals surface area contributed by atoms with Crippen molar-refractivity contribution >= 4 is 11.7 Å². The van der Waals surface area contributed by atoms with Crippen LogP contribution in [0.2, 0.25) is 0 Å². The molecule has 0 saturated heterocycles. The molecule has 1 N–H and O–H groups in total. The van der Waals surface area contributed by atoms with Crippen molar-refractivity contribution in [1.82, 2.24) is 4.90 Å². The Hall–Kier alpha value is -4.05. The highest BCUT2D eigenvalue weighted by molar-refractivity contribution is 5.91. The fourth-order valence-electron chi connectivity index (χ4n) is 3.75. The maximum atomic E-state index is 13.4. The van der Waals surface area contributed by atoms with Crippen LogP contribution in [0, 0.1) is 13.8 Å². The lowest BCUT2D eigenvalue weighted by molar-refractivity contribution is 0.206. The summed E-state index contributed by atoms with van der Waals surface area (Å²) >= 11 is 0. The van der Waals surface area contributed by atoms with Crippen LogP contribution in [0.1, 0.15) is 22.3 Å². The molecule has 0 aromatic heterocycles. The topological polar surface area (TPSA) is 41.6 Å². The van der Waals surface area contributed by atoms with Gasteiger partial charge < -0.3 is 15.0 Å². The SMILES string of the molecule is Cc1cccc(C)c1NC(=O)N(Cc1ccccc1)Cc1cccc(Oc2ccccc2)c1. The van der Waals surface area contributed by atoms with E-state index in [2.05, 4.69) is 5.32 Å². The number of nitrogens with zero attached hydrogens (tertiary/aromatic N) is 1. The number of anilines is 1. The predicted octanol–water partition coefficient (Wildman–Crippen LogP) is 7.33. The average Bonchev–Trinajstić information content (AvgIpc) is 2.83. The van der Waals surface area contributed by atoms with Crippen LogP contribution in [0.3, 0.4) is 0 Å². The van der Waals surface area contributed by atoms with Crippen LogP contribution in [0.4, 0.5) is 10.5 Å². The summed E-state index contributed by atoms with van der Waals surface area (Å²) in [7, 11) is 0. The number of ether oxygens (including phenoxy) is 1. The highest BCUT2D eigenvalue weighted by atomic mass is 16.5. The van der Waals surface area contributed by atoms with E-state index in [0.29, 0.717) is 13.1 Å². The first-order valence-corrected chi connectivity index (χ1v) is 11.1. The number of carbonyl (C=O) groups is 1. The first kappa shape index (κ1) is 22.2. The lowest BCUT2D eigenvalue weighted by Gasteiger charge is -2.25. The normalized spacial score (nSPS) is 10.5. The van der Waals surface area contributed by atoms with Crippen LogP contribution in [0.25, 0.3) is 0 Å². The number of rotatable bonds is 7. The number of benzene rings is 4. The molecule has 0 aliphatic heterocycles. The van der Waals surface area contributed by atoms with E-state index in [1.54, 1.807) is 0 Å². The zero-order chi connectivity index (χ0) is 23.0. The summed E-state index contributed by atoms with van der Waals surface area (Å²) in [6.07, 6.45) is 0. The molecule has 33 heavy (non-hydrogen) atoms. The summed E-state index contributed by atoms with van der Waals surface area (Å²) in [6.45, 7) is 4.97. The fraction of sp³-hybridized carbons (Fsp3) is 0.138. The molecule has 0 unspecified atom stereocenters. The Labute approximate surface area is 195 Å². The molecular formula is C29H28N2O2. The van der Waals surface area contributed by atoms with E-state index in [1.165, 1.54) is 0 Å². The number of carbonyl (C=O) groups excluding carboxylic acids is 1. The van der Waals surface area contributed by atoms with Crippen molar-refractivity contribution in [2.45, 2.75) is 26.9 Å². The van der Waals surface area contributed by atoms with Gasteiger partial charge in [0.1, 0.15) is 11.5 Å². The van der Waals surface area contributed by atoms with E-state index in [9.17, 15) is 4.79 Å². The van der Waals surface area contributed by atoms with Gasteiger partial charge in [0.2, 0.25) is 0 Å². The van der Waals surface area contributed by atoms with E-state index in [1.807, 2.05) is 122 Å². The minimum absolute atomic E-state index is 0.134. The molecule has 4 nitrogen and oxygen atoms in total. The molecule has 4 aromatic carbocycles. The molecule has 4 heteroatoms. The van der Waals surface area contributed by atoms with Crippen LogP contribution in [0.5, 0.6) is 11.5 Å². The zero-order valence-electron chi connectivity index (χ0n) is 19.0. The molecule has 2 amide bonds. The minimum Gasteiger partial charge on any atom is -0.457 e. The monoisotopic (exact) mass is 436 g/mol. The number of hydrogen-bond donors (Lipinski definition) is 1. The van der Waals surface area contributed by atoms with Gasteiger partial charge in [-0.15, -0.1) is 0 Å². The van der Waals surface area contributed by atoms with Crippen molar-refractivity contribution in [2.75, 3.05) is 5.32 Å². The number of nitrogens with one attached hydrogen (secondary N) is 1. The van der Waals surface area contributed by atoms with Crippen molar-refractivity contribution in [2.24, 2.45) is 0 Å². The van der Waals surface area contributed by atoms with Gasteiger partial charge in [-0.1, -0.05) is 78.9 Å². The second-order valence-electron chi connectivity index (χ2n) is 8.10. The van der Waals surface area contributed by atoms with Crippen LogP contribution in [-0.4, -0.2) is 10.9 Å². The van der Waals surface area contributed by atoms with Crippen LogP contribution < -0.4 is 10.1 Å². The Kier molecular flexibility index (Phi) is 7.06. The smallest absolute Gasteiger partial charge is 0.322 e. The van der Waals surface area contributed by atoms with Gasteiger partial charge in [0.05, 0.1) is 0 Å². The summed E-state index contributed by atoms with van der Waals surface area (Å²) in [4.78, 5) is 15.2. The quantitative estimate of drug-likeness (QED) is 0.329. The summed E-state index contributed by atoms with van der Waals surface area (Å²) in [5.41, 5.74) is 5.02. The lowest BCUT2D eigenvalue weighted by atomic mass is 10.1. The fourth-order valence-corrected chi connectivity index (χ4v) is 3.75. The Balaban J connectivity index is 1.56. The molecule has 0 bridgehead atoms. The van der Waals surface area contributed by atoms with Gasteiger partial charge in [0.15, 0.2) is 0 Å². The van der Waals surface area contributed by atoms with E-state index < -0.39 is 0 Å². The number of urea groups is 1. The summed E-state index contributed by atoms with van der Waals surface area (Å²) < 4.78 is 5.99. The number of amides is 2. The highest BCUT2D eigenvalue weighted by Gasteiger charge is 2.17. The molecule has 4 rings (SSSR count). The second-order valence-corrected chi connectivity index (χ2v) is 8.10. The Morgan fingerprint density at radius 1 is 0.697 bits per heavy atom. The third kappa shape index (κ3) is 6.01. The largest absolute Gasteiger partial charge is 0.457 e. The Morgan fingerprint density at radius 3 is 1.94 bits per heavy atom. The number of para-hydroxylation sites is 2. The van der Waals surface area contributed by atoms with Gasteiger partial charge in [0.25, 0.3) is 0 Å². The zero-order valence-corrected chi connectivity index (χ0v) is 19.0. The molecule has 4 aromatic rings. The number of hydrogen-bond acceptors (Lipinski definition) is 2. The second kappa shape index (κ2) is 10.5. The van der Waals surface area contributed by atoms with Crippen molar-refractivity contribution in [3.63, 3.8) is 0 Å². The van der Waals surface area contributed by atoms with Crippen molar-refractivity contribution in [3.05, 3.63) is 125 Å². The van der Waals surface area contributed by atoms with Crippen LogP contribution >= 0.6 is 0 Å². The van der Waals surface area contributed by atoms with Crippen molar-refractivity contribution in [3.8, 4) is 11.5 Å². The lowest BCUT2D eigenvalue weighted by Crippen LogP contribution is -2.34.